The van der Waals surface area contributed by atoms with Crippen LogP contribution in [0.5, 0.6) is 0 Å². The Labute approximate surface area is 446 Å². The maximum absolute atomic E-state index is 7.56. The van der Waals surface area contributed by atoms with E-state index in [0.717, 1.165) is 63.4 Å². The van der Waals surface area contributed by atoms with E-state index >= 15 is 0 Å². The lowest BCUT2D eigenvalue weighted by Gasteiger charge is -2.28. The van der Waals surface area contributed by atoms with Crippen LogP contribution in [0.25, 0.3) is 43.9 Å². The summed E-state index contributed by atoms with van der Waals surface area (Å²) >= 11 is 0. The second-order valence-corrected chi connectivity index (χ2v) is 33.0. The molecule has 6 aromatic rings. The highest BCUT2D eigenvalue weighted by molar-refractivity contribution is 7.39. The Balaban J connectivity index is 1.64. The van der Waals surface area contributed by atoms with Gasteiger partial charge in [0.15, 0.2) is 0 Å². The van der Waals surface area contributed by atoms with Crippen molar-refractivity contribution in [3.63, 3.8) is 0 Å². The van der Waals surface area contributed by atoms with Gasteiger partial charge < -0.3 is 16.8 Å². The summed E-state index contributed by atoms with van der Waals surface area (Å²) < 4.78 is 35.2. The van der Waals surface area contributed by atoms with Crippen LogP contribution in [-0.4, -0.2) is 25.2 Å². The van der Waals surface area contributed by atoms with Crippen molar-refractivity contribution in [3.05, 3.63) is 93.0 Å². The number of hydrogen-bond acceptors (Lipinski definition) is 6. The third kappa shape index (κ3) is 12.7. The van der Waals surface area contributed by atoms with Crippen LogP contribution in [-0.2, 0) is 43.3 Å². The molecule has 0 saturated heterocycles. The number of rotatable bonds is 8. The largest absolute Gasteiger partial charge is 0.407 e. The van der Waals surface area contributed by atoms with Gasteiger partial charge in [0.1, 0.15) is 22.3 Å². The van der Waals surface area contributed by atoms with Gasteiger partial charge in [0.05, 0.1) is 0 Å². The molecule has 0 unspecified atom stereocenters. The lowest BCUT2D eigenvalue weighted by atomic mass is 9.77. The van der Waals surface area contributed by atoms with Crippen LogP contribution in [0.4, 0.5) is 0 Å². The van der Waals surface area contributed by atoms with Gasteiger partial charge in [-0.25, -0.2) is 9.34 Å². The summed E-state index contributed by atoms with van der Waals surface area (Å²) in [7, 11) is -3.23. The molecule has 0 amide bonds. The zero-order valence-corrected chi connectivity index (χ0v) is 53.1. The van der Waals surface area contributed by atoms with Crippen molar-refractivity contribution >= 4 is 60.2 Å². The lowest BCUT2D eigenvalue weighted by molar-refractivity contribution is 0.543. The lowest BCUT2D eigenvalue weighted by Crippen LogP contribution is -2.34. The molecule has 73 heavy (non-hydrogen) atoms. The van der Waals surface area contributed by atoms with E-state index in [9.17, 15) is 0 Å². The van der Waals surface area contributed by atoms with E-state index in [1.165, 1.54) is 44.5 Å². The first-order chi connectivity index (χ1) is 32.9. The molecule has 0 saturated carbocycles. The predicted molar refractivity (Wildman–Crippen MR) is 323 cm³/mol. The summed E-state index contributed by atoms with van der Waals surface area (Å²) in [5.41, 5.74) is 12.8. The molecule has 0 atom stereocenters. The van der Waals surface area contributed by atoms with Crippen molar-refractivity contribution in [2.24, 2.45) is 0 Å². The number of benzene rings is 4. The van der Waals surface area contributed by atoms with Crippen molar-refractivity contribution in [1.82, 2.24) is 0 Å². The molecule has 6 nitrogen and oxygen atoms in total. The molecular formula is C65H100N2O4P2. The molecule has 4 aromatic carbocycles. The molecule has 2 heterocycles. The molecule has 2 aromatic heterocycles. The normalized spacial score (nSPS) is 14.1. The predicted octanol–water partition coefficient (Wildman–Crippen LogP) is 21.1. The molecule has 0 aliphatic rings. The summed E-state index contributed by atoms with van der Waals surface area (Å²) in [6.07, 6.45) is 0.848. The highest BCUT2D eigenvalue weighted by atomic mass is 31.1. The molecule has 404 valence electrons. The van der Waals surface area contributed by atoms with Crippen LogP contribution in [0, 0.1) is 0 Å². The van der Waals surface area contributed by atoms with Crippen molar-refractivity contribution in [2.75, 3.05) is 22.4 Å². The van der Waals surface area contributed by atoms with Crippen LogP contribution < -0.4 is 9.34 Å². The molecule has 6 rings (SSSR count). The van der Waals surface area contributed by atoms with E-state index in [2.05, 4.69) is 252 Å². The summed E-state index contributed by atoms with van der Waals surface area (Å²) in [6, 6.07) is 19.5. The zero-order chi connectivity index (χ0) is 55.3. The Bertz CT molecular complexity index is 2680. The fourth-order valence-electron chi connectivity index (χ4n) is 9.68. The second-order valence-electron chi connectivity index (χ2n) is 30.3. The third-order valence-electron chi connectivity index (χ3n) is 14.7. The molecule has 0 N–H and O–H groups in total. The van der Waals surface area contributed by atoms with Gasteiger partial charge in [0.2, 0.25) is 0 Å². The maximum Gasteiger partial charge on any atom is 0.309 e. The van der Waals surface area contributed by atoms with Crippen LogP contribution in [0.1, 0.15) is 245 Å². The minimum absolute atomic E-state index is 0.0717. The standard InChI is InChI=1S/C65H100N2O4P2/c1-40(2)66(72-68-54-46(32-42(58(5,6)7)36-50(54)62(17,18)19)47-33-43(59(8,9)10)37-51(55(47)69-72)63(20,21)22)30-29-31-67(41(3)4)73-70-56-48(34-44(60(11,12)13)38-52(56)64(23,24)25)49-35-45(61(14,15)16)39-53(57(49)71-73)65(26,27)28/h32-41H,29-31H2,1-28H3. The molecule has 8 heteroatoms. The van der Waals surface area contributed by atoms with E-state index in [-0.39, 0.29) is 55.4 Å². The quantitative estimate of drug-likeness (QED) is 0.151. The van der Waals surface area contributed by atoms with Crippen LogP contribution in [0.2, 0.25) is 0 Å². The average molecular weight is 1040 g/mol. The van der Waals surface area contributed by atoms with E-state index in [1.54, 1.807) is 0 Å². The van der Waals surface area contributed by atoms with Gasteiger partial charge in [-0.15, -0.1) is 0 Å². The summed E-state index contributed by atoms with van der Waals surface area (Å²) in [6.45, 7) is 66.3. The first-order valence-corrected chi connectivity index (χ1v) is 29.8. The smallest absolute Gasteiger partial charge is 0.309 e. The third-order valence-corrected chi connectivity index (χ3v) is 18.2. The Hall–Kier alpha value is -3.40. The van der Waals surface area contributed by atoms with Gasteiger partial charge in [-0.1, -0.05) is 190 Å². The second kappa shape index (κ2) is 19.9. The average Bonchev–Trinajstić information content (AvgIpc) is 3.47. The van der Waals surface area contributed by atoms with Gasteiger partial charge in [-0.3, -0.25) is 0 Å². The van der Waals surface area contributed by atoms with Gasteiger partial charge >= 0.3 is 16.3 Å². The van der Waals surface area contributed by atoms with Gasteiger partial charge in [-0.2, -0.15) is 0 Å². The molecule has 0 spiro atoms. The summed E-state index contributed by atoms with van der Waals surface area (Å²) in [5, 5.41) is 4.51. The van der Waals surface area contributed by atoms with Crippen LogP contribution >= 0.6 is 16.3 Å². The molecular weight excluding hydrogens is 935 g/mol. The van der Waals surface area contributed by atoms with Gasteiger partial charge in [-0.05, 0) is 124 Å². The van der Waals surface area contributed by atoms with Crippen molar-refractivity contribution in [2.45, 2.75) is 256 Å². The van der Waals surface area contributed by atoms with E-state index in [0.29, 0.717) is 0 Å². The van der Waals surface area contributed by atoms with Gasteiger partial charge in [0, 0.05) is 69.0 Å². The minimum atomic E-state index is -1.61. The van der Waals surface area contributed by atoms with Crippen molar-refractivity contribution < 1.29 is 16.8 Å². The fourth-order valence-corrected chi connectivity index (χ4v) is 12.9. The maximum atomic E-state index is 7.56. The monoisotopic (exact) mass is 1030 g/mol. The fraction of sp³-hybridized carbons (Fsp3) is 0.631. The Kier molecular flexibility index (Phi) is 16.0. The summed E-state index contributed by atoms with van der Waals surface area (Å²) in [5.74, 6) is 0. The van der Waals surface area contributed by atoms with Crippen LogP contribution in [0.15, 0.2) is 65.3 Å². The highest BCUT2D eigenvalue weighted by Crippen LogP contribution is 2.49. The van der Waals surface area contributed by atoms with Crippen molar-refractivity contribution in [3.8, 4) is 0 Å². The van der Waals surface area contributed by atoms with E-state index in [1.807, 2.05) is 0 Å². The number of nitrogens with zero attached hydrogens (tertiary/aromatic N) is 2. The molecule has 0 aliphatic carbocycles. The van der Waals surface area contributed by atoms with Gasteiger partial charge in [0.25, 0.3) is 0 Å². The first-order valence-electron chi connectivity index (χ1n) is 27.5. The SMILES string of the molecule is CC(C)N(CCCN(C(C)C)p1oc2c(C(C)(C)C)cc(C(C)(C)C)cc2c2cc(C(C)(C)C)cc(C(C)(C)C)c2o1)p1oc2c(C(C)(C)C)cc(C(C)(C)C)cc2c2cc(C(C)(C)C)cc(C(C)(C)C)c2o1. The Morgan fingerprint density at radius 2 is 0.507 bits per heavy atom. The zero-order valence-electron chi connectivity index (χ0n) is 51.3. The molecule has 0 bridgehead atoms. The summed E-state index contributed by atoms with van der Waals surface area (Å²) in [4.78, 5) is 0. The number of hydrogen-bond donors (Lipinski definition) is 0. The van der Waals surface area contributed by atoms with E-state index in [4.69, 9.17) is 16.8 Å². The molecule has 0 aliphatic heterocycles. The van der Waals surface area contributed by atoms with Crippen molar-refractivity contribution in [1.29, 1.82) is 0 Å². The number of fused-ring (bicyclic) bond motifs is 6. The minimum Gasteiger partial charge on any atom is -0.407 e. The molecule has 0 radical (unpaired) electrons. The Morgan fingerprint density at radius 1 is 0.315 bits per heavy atom. The first kappa shape index (κ1) is 58.9. The molecule has 0 fully saturated rings. The van der Waals surface area contributed by atoms with Crippen LogP contribution in [0.3, 0.4) is 0 Å². The topological polar surface area (TPSA) is 59.0 Å². The van der Waals surface area contributed by atoms with E-state index < -0.39 is 16.3 Å². The Morgan fingerprint density at radius 3 is 0.658 bits per heavy atom. The highest BCUT2D eigenvalue weighted by Gasteiger charge is 2.33.